The van der Waals surface area contributed by atoms with Crippen LogP contribution in [0.2, 0.25) is 5.02 Å². The highest BCUT2D eigenvalue weighted by Crippen LogP contribution is 2.30. The minimum atomic E-state index is 0.528. The summed E-state index contributed by atoms with van der Waals surface area (Å²) in [5, 5.41) is 4.49. The molecule has 0 radical (unpaired) electrons. The third kappa shape index (κ3) is 4.89. The highest BCUT2D eigenvalue weighted by atomic mass is 35.5. The van der Waals surface area contributed by atoms with Crippen LogP contribution in [0.4, 0.5) is 0 Å². The third-order valence-electron chi connectivity index (χ3n) is 4.62. The fourth-order valence-corrected chi connectivity index (χ4v) is 3.72. The number of benzene rings is 1. The first-order valence-electron chi connectivity index (χ1n) is 8.30. The Bertz CT molecular complexity index is 427. The van der Waals surface area contributed by atoms with Crippen LogP contribution < -0.4 is 10.1 Å². The maximum absolute atomic E-state index is 6.17. The quantitative estimate of drug-likeness (QED) is 0.759. The van der Waals surface area contributed by atoms with Crippen LogP contribution in [0.5, 0.6) is 5.75 Å². The van der Waals surface area contributed by atoms with Crippen LogP contribution in [0.25, 0.3) is 0 Å². The van der Waals surface area contributed by atoms with E-state index in [1.807, 2.05) is 12.1 Å². The zero-order valence-electron chi connectivity index (χ0n) is 13.3. The summed E-state index contributed by atoms with van der Waals surface area (Å²) in [5.41, 5.74) is 1.22. The Morgan fingerprint density at radius 1 is 1.24 bits per heavy atom. The summed E-state index contributed by atoms with van der Waals surface area (Å²) in [6.45, 7) is 3.21. The fraction of sp³-hybridized carbons (Fsp3) is 0.667. The van der Waals surface area contributed by atoms with Crippen LogP contribution >= 0.6 is 11.6 Å². The monoisotopic (exact) mass is 309 g/mol. The van der Waals surface area contributed by atoms with Gasteiger partial charge >= 0.3 is 0 Å². The SMILES string of the molecule is CCNC(Cc1cc(Cl)ccc1OC)C1CCCCCC1. The third-order valence-corrected chi connectivity index (χ3v) is 4.85. The van der Waals surface area contributed by atoms with E-state index < -0.39 is 0 Å². The van der Waals surface area contributed by atoms with Crippen LogP contribution in [0.15, 0.2) is 18.2 Å². The van der Waals surface area contributed by atoms with Gasteiger partial charge in [-0.15, -0.1) is 0 Å². The lowest BCUT2D eigenvalue weighted by Crippen LogP contribution is -2.38. The minimum absolute atomic E-state index is 0.528. The molecule has 2 rings (SSSR count). The van der Waals surface area contributed by atoms with E-state index in [2.05, 4.69) is 18.3 Å². The topological polar surface area (TPSA) is 21.3 Å². The van der Waals surface area contributed by atoms with E-state index in [-0.39, 0.29) is 0 Å². The van der Waals surface area contributed by atoms with E-state index in [1.165, 1.54) is 44.1 Å². The zero-order chi connectivity index (χ0) is 15.1. The van der Waals surface area contributed by atoms with Crippen LogP contribution in [-0.2, 0) is 6.42 Å². The van der Waals surface area contributed by atoms with Crippen LogP contribution in [0.1, 0.15) is 51.0 Å². The molecule has 1 aliphatic carbocycles. The molecule has 1 unspecified atom stereocenters. The largest absolute Gasteiger partial charge is 0.496 e. The predicted octanol–water partition coefficient (Wildman–Crippen LogP) is 4.84. The van der Waals surface area contributed by atoms with Crippen molar-refractivity contribution in [2.45, 2.75) is 57.9 Å². The van der Waals surface area contributed by atoms with Crippen LogP contribution in [0, 0.1) is 5.92 Å². The summed E-state index contributed by atoms with van der Waals surface area (Å²) in [4.78, 5) is 0. The molecule has 1 fully saturated rings. The van der Waals surface area contributed by atoms with E-state index in [0.717, 1.165) is 29.7 Å². The second-order valence-electron chi connectivity index (χ2n) is 6.08. The van der Waals surface area contributed by atoms with E-state index in [9.17, 15) is 0 Å². The first kappa shape index (κ1) is 16.6. The molecule has 0 aliphatic heterocycles. The summed E-state index contributed by atoms with van der Waals surface area (Å²) >= 11 is 6.17. The predicted molar refractivity (Wildman–Crippen MR) is 90.4 cm³/mol. The first-order valence-corrected chi connectivity index (χ1v) is 8.68. The van der Waals surface area contributed by atoms with Crippen molar-refractivity contribution < 1.29 is 4.74 Å². The molecule has 1 aromatic carbocycles. The van der Waals surface area contributed by atoms with Crippen molar-refractivity contribution in [3.05, 3.63) is 28.8 Å². The lowest BCUT2D eigenvalue weighted by molar-refractivity contribution is 0.317. The lowest BCUT2D eigenvalue weighted by Gasteiger charge is -2.27. The van der Waals surface area contributed by atoms with E-state index in [1.54, 1.807) is 7.11 Å². The molecule has 0 aromatic heterocycles. The van der Waals surface area contributed by atoms with Crippen molar-refractivity contribution in [2.75, 3.05) is 13.7 Å². The fourth-order valence-electron chi connectivity index (χ4n) is 3.52. The Kier molecular flexibility index (Phi) is 6.85. The molecule has 0 amide bonds. The Balaban J connectivity index is 2.13. The molecule has 2 nitrogen and oxygen atoms in total. The van der Waals surface area contributed by atoms with E-state index >= 15 is 0 Å². The van der Waals surface area contributed by atoms with Gasteiger partial charge in [-0.3, -0.25) is 0 Å². The van der Waals surface area contributed by atoms with Crippen molar-refractivity contribution >= 4 is 11.6 Å². The number of likely N-dealkylation sites (N-methyl/N-ethyl adjacent to an activating group) is 1. The molecule has 0 saturated heterocycles. The molecule has 1 aliphatic rings. The number of halogens is 1. The Morgan fingerprint density at radius 3 is 2.57 bits per heavy atom. The van der Waals surface area contributed by atoms with Crippen molar-refractivity contribution in [2.24, 2.45) is 5.92 Å². The molecule has 1 aromatic rings. The summed E-state index contributed by atoms with van der Waals surface area (Å²) in [6, 6.07) is 6.47. The van der Waals surface area contributed by atoms with Crippen molar-refractivity contribution in [3.8, 4) is 5.75 Å². The summed E-state index contributed by atoms with van der Waals surface area (Å²) in [7, 11) is 1.74. The van der Waals surface area contributed by atoms with Crippen molar-refractivity contribution in [3.63, 3.8) is 0 Å². The Hall–Kier alpha value is -0.730. The summed E-state index contributed by atoms with van der Waals surface area (Å²) in [6.07, 6.45) is 9.24. The standard InChI is InChI=1S/C18H28ClNO/c1-3-20-17(14-8-6-4-5-7-9-14)13-15-12-16(19)10-11-18(15)21-2/h10-12,14,17,20H,3-9,13H2,1-2H3. The highest BCUT2D eigenvalue weighted by Gasteiger charge is 2.23. The second-order valence-corrected chi connectivity index (χ2v) is 6.51. The molecule has 1 atom stereocenters. The normalized spacial score (nSPS) is 18.2. The summed E-state index contributed by atoms with van der Waals surface area (Å²) < 4.78 is 5.50. The van der Waals surface area contributed by atoms with Gasteiger partial charge in [0.05, 0.1) is 7.11 Å². The van der Waals surface area contributed by atoms with Gasteiger partial charge in [-0.2, -0.15) is 0 Å². The second kappa shape index (κ2) is 8.65. The molecule has 1 N–H and O–H groups in total. The van der Waals surface area contributed by atoms with Gasteiger partial charge < -0.3 is 10.1 Å². The van der Waals surface area contributed by atoms with Gasteiger partial charge in [0.25, 0.3) is 0 Å². The van der Waals surface area contributed by atoms with E-state index in [4.69, 9.17) is 16.3 Å². The van der Waals surface area contributed by atoms with Crippen molar-refractivity contribution in [1.82, 2.24) is 5.32 Å². The van der Waals surface area contributed by atoms with Gasteiger partial charge in [-0.05, 0) is 55.5 Å². The highest BCUT2D eigenvalue weighted by molar-refractivity contribution is 6.30. The first-order chi connectivity index (χ1) is 10.2. The average molecular weight is 310 g/mol. The number of rotatable bonds is 6. The number of hydrogen-bond donors (Lipinski definition) is 1. The number of ether oxygens (including phenoxy) is 1. The van der Waals surface area contributed by atoms with Gasteiger partial charge in [-0.1, -0.05) is 44.2 Å². The number of nitrogens with one attached hydrogen (secondary N) is 1. The van der Waals surface area contributed by atoms with Crippen LogP contribution in [-0.4, -0.2) is 19.7 Å². The molecular weight excluding hydrogens is 282 g/mol. The maximum atomic E-state index is 6.17. The maximum Gasteiger partial charge on any atom is 0.122 e. The minimum Gasteiger partial charge on any atom is -0.496 e. The molecule has 21 heavy (non-hydrogen) atoms. The zero-order valence-corrected chi connectivity index (χ0v) is 14.1. The van der Waals surface area contributed by atoms with Gasteiger partial charge in [-0.25, -0.2) is 0 Å². The smallest absolute Gasteiger partial charge is 0.122 e. The Morgan fingerprint density at radius 2 is 1.95 bits per heavy atom. The lowest BCUT2D eigenvalue weighted by atomic mass is 9.87. The number of methoxy groups -OCH3 is 1. The molecule has 0 spiro atoms. The summed E-state index contributed by atoms with van der Waals surface area (Å²) in [5.74, 6) is 1.73. The van der Waals surface area contributed by atoms with Crippen molar-refractivity contribution in [1.29, 1.82) is 0 Å². The molecule has 0 bridgehead atoms. The Labute approximate surface area is 134 Å². The van der Waals surface area contributed by atoms with E-state index in [0.29, 0.717) is 6.04 Å². The number of hydrogen-bond acceptors (Lipinski definition) is 2. The average Bonchev–Trinajstić information content (AvgIpc) is 2.76. The van der Waals surface area contributed by atoms with Crippen LogP contribution in [0.3, 0.4) is 0 Å². The molecule has 0 heterocycles. The van der Waals surface area contributed by atoms with Gasteiger partial charge in [0.1, 0.15) is 5.75 Å². The molecule has 1 saturated carbocycles. The molecule has 3 heteroatoms. The van der Waals surface area contributed by atoms with Gasteiger partial charge in [0, 0.05) is 11.1 Å². The molecular formula is C18H28ClNO. The van der Waals surface area contributed by atoms with Gasteiger partial charge in [0.15, 0.2) is 0 Å². The molecule has 118 valence electrons. The van der Waals surface area contributed by atoms with Gasteiger partial charge in [0.2, 0.25) is 0 Å².